The lowest BCUT2D eigenvalue weighted by molar-refractivity contribution is -0.150. The Morgan fingerprint density at radius 2 is 1.96 bits per heavy atom. The largest absolute Gasteiger partial charge is 0.453 e. The summed E-state index contributed by atoms with van der Waals surface area (Å²) >= 11 is 1.27. The van der Waals surface area contributed by atoms with Crippen molar-refractivity contribution in [2.45, 2.75) is 54.3 Å². The highest BCUT2D eigenvalue weighted by Gasteiger charge is 2.58. The van der Waals surface area contributed by atoms with Crippen LogP contribution < -0.4 is 15.5 Å². The fraction of sp³-hybridized carbons (Fsp3) is 0.474. The van der Waals surface area contributed by atoms with Crippen LogP contribution in [-0.4, -0.2) is 41.3 Å². The van der Waals surface area contributed by atoms with Crippen LogP contribution in [0.1, 0.15) is 38.5 Å². The minimum absolute atomic E-state index is 0.0840. The lowest BCUT2D eigenvalue weighted by Crippen LogP contribution is -2.49. The van der Waals surface area contributed by atoms with E-state index in [0.717, 1.165) is 30.6 Å². The Bertz CT molecular complexity index is 839. The first-order valence-corrected chi connectivity index (χ1v) is 10.2. The van der Waals surface area contributed by atoms with Gasteiger partial charge in [-0.3, -0.25) is 19.8 Å². The summed E-state index contributed by atoms with van der Waals surface area (Å²) in [6, 6.07) is 6.80. The molecule has 0 spiro atoms. The highest BCUT2D eigenvalue weighted by atomic mass is 32.2. The first-order valence-electron chi connectivity index (χ1n) is 9.38. The molecule has 2 heterocycles. The monoisotopic (exact) mass is 403 g/mol. The number of amides is 4. The lowest BCUT2D eigenvalue weighted by atomic mass is 10.2. The second kappa shape index (κ2) is 7.46. The van der Waals surface area contributed by atoms with Gasteiger partial charge in [0.2, 0.25) is 5.91 Å². The fourth-order valence-electron chi connectivity index (χ4n) is 3.97. The molecule has 2 aliphatic heterocycles. The summed E-state index contributed by atoms with van der Waals surface area (Å²) in [5, 5.41) is 4.92. The molecule has 148 valence electrons. The topological polar surface area (TPSA) is 105 Å². The van der Waals surface area contributed by atoms with Crippen molar-refractivity contribution in [3.63, 3.8) is 0 Å². The summed E-state index contributed by atoms with van der Waals surface area (Å²) in [6.07, 6.45) is 4.49. The number of fused-ring (bicyclic) bond motifs is 3. The second-order valence-electron chi connectivity index (χ2n) is 7.16. The van der Waals surface area contributed by atoms with Gasteiger partial charge in [0, 0.05) is 23.8 Å². The van der Waals surface area contributed by atoms with Crippen molar-refractivity contribution in [1.29, 1.82) is 0 Å². The van der Waals surface area contributed by atoms with E-state index in [-0.39, 0.29) is 18.4 Å². The predicted octanol–water partition coefficient (Wildman–Crippen LogP) is 1.93. The van der Waals surface area contributed by atoms with Crippen LogP contribution in [0.5, 0.6) is 0 Å². The van der Waals surface area contributed by atoms with E-state index in [1.165, 1.54) is 16.7 Å². The van der Waals surface area contributed by atoms with E-state index in [0.29, 0.717) is 12.1 Å². The van der Waals surface area contributed by atoms with Crippen molar-refractivity contribution < 1.29 is 23.9 Å². The van der Waals surface area contributed by atoms with Crippen LogP contribution in [0.25, 0.3) is 0 Å². The molecule has 9 heteroatoms. The molecule has 0 unspecified atom stereocenters. The first-order chi connectivity index (χ1) is 13.5. The van der Waals surface area contributed by atoms with Gasteiger partial charge in [-0.2, -0.15) is 0 Å². The Labute approximate surface area is 166 Å². The van der Waals surface area contributed by atoms with Gasteiger partial charge in [-0.05, 0) is 25.0 Å². The maximum absolute atomic E-state index is 12.8. The van der Waals surface area contributed by atoms with E-state index < -0.39 is 29.4 Å². The number of ether oxygens (including phenoxy) is 1. The Balaban J connectivity index is 1.35. The quantitative estimate of drug-likeness (QED) is 0.745. The molecule has 1 aromatic carbocycles. The average Bonchev–Trinajstić information content (AvgIpc) is 3.36. The fourth-order valence-corrected chi connectivity index (χ4v) is 5.38. The van der Waals surface area contributed by atoms with Gasteiger partial charge in [0.25, 0.3) is 5.91 Å². The number of para-hydroxylation sites is 1. The molecule has 28 heavy (non-hydrogen) atoms. The molecule has 1 aliphatic carbocycles. The van der Waals surface area contributed by atoms with Gasteiger partial charge in [0.05, 0.1) is 5.69 Å². The van der Waals surface area contributed by atoms with Crippen LogP contribution in [0.2, 0.25) is 0 Å². The van der Waals surface area contributed by atoms with Gasteiger partial charge in [-0.25, -0.2) is 9.59 Å². The van der Waals surface area contributed by atoms with Crippen LogP contribution in [0.4, 0.5) is 10.5 Å². The van der Waals surface area contributed by atoms with Crippen LogP contribution in [0.15, 0.2) is 29.2 Å². The zero-order valence-corrected chi connectivity index (χ0v) is 16.0. The molecule has 4 rings (SSSR count). The Morgan fingerprint density at radius 3 is 2.75 bits per heavy atom. The lowest BCUT2D eigenvalue weighted by Gasteiger charge is -2.28. The number of urea groups is 1. The molecule has 2 fully saturated rings. The minimum Gasteiger partial charge on any atom is -0.453 e. The van der Waals surface area contributed by atoms with Crippen LogP contribution in [0, 0.1) is 0 Å². The van der Waals surface area contributed by atoms with Crippen LogP contribution >= 0.6 is 11.8 Å². The summed E-state index contributed by atoms with van der Waals surface area (Å²) in [6.45, 7) is -0.572. The number of thioether (sulfide) groups is 1. The summed E-state index contributed by atoms with van der Waals surface area (Å²) in [5.41, 5.74) is 0.687. The Kier molecular flexibility index (Phi) is 5.01. The van der Waals surface area contributed by atoms with Crippen molar-refractivity contribution in [3.8, 4) is 0 Å². The van der Waals surface area contributed by atoms with E-state index in [4.69, 9.17) is 4.74 Å². The number of esters is 1. The van der Waals surface area contributed by atoms with E-state index in [1.807, 2.05) is 18.2 Å². The van der Waals surface area contributed by atoms with E-state index >= 15 is 0 Å². The third-order valence-electron chi connectivity index (χ3n) is 5.27. The van der Waals surface area contributed by atoms with E-state index in [2.05, 4.69) is 10.6 Å². The molecule has 0 bridgehead atoms. The molecular weight excluding hydrogens is 382 g/mol. The standard InChI is InChI=1S/C19H21N3O5S/c23-15(21-18(26)20-12-5-1-2-6-12)11-27-17(25)19-10-9-16(24)22(19)13-7-3-4-8-14(13)28-19/h3-4,7-8,12H,1-2,5-6,9-11H2,(H2,20,21,23,26)/t19-/m1/s1. The maximum Gasteiger partial charge on any atom is 0.344 e. The number of benzene rings is 1. The molecular formula is C19H21N3O5S. The van der Waals surface area contributed by atoms with E-state index in [9.17, 15) is 19.2 Å². The summed E-state index contributed by atoms with van der Waals surface area (Å²) < 4.78 is 5.20. The SMILES string of the molecule is O=C(COC(=O)[C@]12CCC(=O)N1c1ccccc1S2)NC(=O)NC1CCCC1. The normalized spacial score (nSPS) is 23.3. The average molecular weight is 403 g/mol. The number of carbonyl (C=O) groups excluding carboxylic acids is 4. The third kappa shape index (κ3) is 3.34. The number of hydrogen-bond donors (Lipinski definition) is 2. The van der Waals surface area contributed by atoms with Crippen molar-refractivity contribution in [1.82, 2.24) is 10.6 Å². The summed E-state index contributed by atoms with van der Waals surface area (Å²) in [4.78, 5) is 50.1. The number of rotatable bonds is 4. The molecule has 1 saturated carbocycles. The molecule has 1 saturated heterocycles. The molecule has 3 aliphatic rings. The molecule has 0 aromatic heterocycles. The summed E-state index contributed by atoms with van der Waals surface area (Å²) in [5.74, 6) is -1.49. The predicted molar refractivity (Wildman–Crippen MR) is 102 cm³/mol. The summed E-state index contributed by atoms with van der Waals surface area (Å²) in [7, 11) is 0. The van der Waals surface area contributed by atoms with Gasteiger partial charge >= 0.3 is 12.0 Å². The number of nitrogens with one attached hydrogen (secondary N) is 2. The molecule has 1 atom stereocenters. The molecule has 2 N–H and O–H groups in total. The third-order valence-corrected chi connectivity index (χ3v) is 6.73. The van der Waals surface area contributed by atoms with Gasteiger partial charge in [-0.15, -0.1) is 0 Å². The maximum atomic E-state index is 12.8. The molecule has 4 amide bonds. The molecule has 0 radical (unpaired) electrons. The van der Waals surface area contributed by atoms with Crippen molar-refractivity contribution >= 4 is 41.3 Å². The number of carbonyl (C=O) groups is 4. The zero-order chi connectivity index (χ0) is 19.7. The highest BCUT2D eigenvalue weighted by Crippen LogP contribution is 2.56. The van der Waals surface area contributed by atoms with Crippen molar-refractivity contribution in [3.05, 3.63) is 24.3 Å². The Morgan fingerprint density at radius 1 is 1.21 bits per heavy atom. The van der Waals surface area contributed by atoms with Crippen LogP contribution in [0.3, 0.4) is 0 Å². The number of nitrogens with zero attached hydrogens (tertiary/aromatic N) is 1. The second-order valence-corrected chi connectivity index (χ2v) is 8.48. The van der Waals surface area contributed by atoms with Gasteiger partial charge in [0.1, 0.15) is 0 Å². The molecule has 8 nitrogen and oxygen atoms in total. The van der Waals surface area contributed by atoms with Gasteiger partial charge in [-0.1, -0.05) is 36.7 Å². The van der Waals surface area contributed by atoms with Crippen LogP contribution in [-0.2, 0) is 19.1 Å². The molecule has 1 aromatic rings. The number of imide groups is 1. The number of anilines is 1. The van der Waals surface area contributed by atoms with Crippen molar-refractivity contribution in [2.24, 2.45) is 0 Å². The first kappa shape index (κ1) is 18.8. The smallest absolute Gasteiger partial charge is 0.344 e. The van der Waals surface area contributed by atoms with Crippen molar-refractivity contribution in [2.75, 3.05) is 11.5 Å². The Hall–Kier alpha value is -2.55. The van der Waals surface area contributed by atoms with E-state index in [1.54, 1.807) is 6.07 Å². The zero-order valence-electron chi connectivity index (χ0n) is 15.2. The minimum atomic E-state index is -1.17. The number of hydrogen-bond acceptors (Lipinski definition) is 6. The highest BCUT2D eigenvalue weighted by molar-refractivity contribution is 8.02. The van der Waals surface area contributed by atoms with Gasteiger partial charge < -0.3 is 10.1 Å². The van der Waals surface area contributed by atoms with Gasteiger partial charge in [0.15, 0.2) is 11.5 Å².